The molecule has 1 aliphatic carbocycles. The molecule has 1 heterocycles. The second kappa shape index (κ2) is 6.22. The molecule has 2 aliphatic rings. The fourth-order valence-corrected chi connectivity index (χ4v) is 4.27. The Hall–Kier alpha value is -0.290. The minimum atomic E-state index is -0.521. The van der Waals surface area contributed by atoms with Crippen LogP contribution in [0.4, 0.5) is 0 Å². The number of quaternary nitrogens is 1. The molecular formula is C15H21BrClNO2. The van der Waals surface area contributed by atoms with Gasteiger partial charge in [-0.15, -0.1) is 0 Å². The third kappa shape index (κ3) is 2.84. The highest BCUT2D eigenvalue weighted by Gasteiger charge is 2.49. The number of hydrogen-bond donors (Lipinski definition) is 3. The van der Waals surface area contributed by atoms with Crippen LogP contribution in [0.25, 0.3) is 0 Å². The van der Waals surface area contributed by atoms with Crippen LogP contribution in [0.1, 0.15) is 43.7 Å². The van der Waals surface area contributed by atoms with Gasteiger partial charge in [0.2, 0.25) is 0 Å². The lowest BCUT2D eigenvalue weighted by Gasteiger charge is -2.46. The third-order valence-corrected chi connectivity index (χ3v) is 5.34. The molecule has 112 valence electrons. The molecule has 5 heteroatoms. The number of piperidine rings is 1. The van der Waals surface area contributed by atoms with Crippen LogP contribution in [-0.2, 0) is 0 Å². The summed E-state index contributed by atoms with van der Waals surface area (Å²) in [4.78, 5) is 0. The smallest absolute Gasteiger partial charge is 0.124 e. The maximum Gasteiger partial charge on any atom is 0.124 e. The van der Waals surface area contributed by atoms with Crippen LogP contribution < -0.4 is 17.7 Å². The first-order chi connectivity index (χ1) is 9.10. The monoisotopic (exact) mass is 361 g/mol. The summed E-state index contributed by atoms with van der Waals surface area (Å²) in [5.74, 6) is 0.606. The van der Waals surface area contributed by atoms with Crippen LogP contribution in [0.5, 0.6) is 5.75 Å². The van der Waals surface area contributed by atoms with Gasteiger partial charge in [-0.1, -0.05) is 28.8 Å². The highest BCUT2D eigenvalue weighted by atomic mass is 79.9. The number of halogens is 2. The first kappa shape index (κ1) is 16.1. The van der Waals surface area contributed by atoms with Gasteiger partial charge in [0.05, 0.1) is 17.7 Å². The number of aromatic hydroxyl groups is 1. The van der Waals surface area contributed by atoms with E-state index in [9.17, 15) is 10.2 Å². The summed E-state index contributed by atoms with van der Waals surface area (Å²) in [5, 5.41) is 23.3. The zero-order valence-electron chi connectivity index (χ0n) is 11.4. The van der Waals surface area contributed by atoms with Gasteiger partial charge in [-0.3, -0.25) is 0 Å². The first-order valence-corrected chi connectivity index (χ1v) is 7.93. The Bertz CT molecular complexity index is 481. The molecule has 1 aliphatic heterocycles. The normalized spacial score (nSPS) is 33.1. The van der Waals surface area contributed by atoms with Crippen molar-refractivity contribution < 1.29 is 27.9 Å². The molecule has 0 bridgehead atoms. The molecule has 4 N–H and O–H groups in total. The molecule has 3 rings (SSSR count). The van der Waals surface area contributed by atoms with Crippen LogP contribution in [0, 0.1) is 5.92 Å². The standard InChI is InChI=1S/C15H20BrNO2.ClH/c16-10-4-5-13(18)11(9-10)14-12-3-1-2-6-15(12,19)7-8-17-14;/h4-5,9,12,14,17-19H,1-3,6-8H2;1H. The van der Waals surface area contributed by atoms with E-state index >= 15 is 0 Å². The highest BCUT2D eigenvalue weighted by Crippen LogP contribution is 2.45. The van der Waals surface area contributed by atoms with Crippen molar-refractivity contribution in [2.24, 2.45) is 5.92 Å². The number of phenols is 1. The molecule has 0 radical (unpaired) electrons. The van der Waals surface area contributed by atoms with Crippen molar-refractivity contribution in [1.82, 2.24) is 0 Å². The van der Waals surface area contributed by atoms with Gasteiger partial charge in [-0.2, -0.15) is 0 Å². The summed E-state index contributed by atoms with van der Waals surface area (Å²) in [7, 11) is 0. The number of phenolic OH excluding ortho intramolecular Hbond substituents is 1. The molecule has 0 amide bonds. The summed E-state index contributed by atoms with van der Waals surface area (Å²) in [6, 6.07) is 5.77. The van der Waals surface area contributed by atoms with Crippen LogP contribution in [0.3, 0.4) is 0 Å². The molecule has 3 atom stereocenters. The van der Waals surface area contributed by atoms with Gasteiger partial charge in [0.1, 0.15) is 11.8 Å². The predicted molar refractivity (Wildman–Crippen MR) is 76.9 cm³/mol. The average Bonchev–Trinajstić information content (AvgIpc) is 2.40. The maximum atomic E-state index is 10.9. The van der Waals surface area contributed by atoms with Crippen LogP contribution in [-0.4, -0.2) is 22.4 Å². The van der Waals surface area contributed by atoms with E-state index in [1.54, 1.807) is 6.07 Å². The SMILES string of the molecule is Oc1ccc(Br)cc1C1[NH2+]CCC2(O)CCCCC12.[Cl-]. The van der Waals surface area contributed by atoms with Crippen molar-refractivity contribution in [1.29, 1.82) is 0 Å². The Labute approximate surface area is 134 Å². The first-order valence-electron chi connectivity index (χ1n) is 7.14. The van der Waals surface area contributed by atoms with E-state index in [0.29, 0.717) is 5.75 Å². The topological polar surface area (TPSA) is 57.1 Å². The fraction of sp³-hybridized carbons (Fsp3) is 0.600. The van der Waals surface area contributed by atoms with Gasteiger partial charge in [0.15, 0.2) is 0 Å². The van der Waals surface area contributed by atoms with Crippen LogP contribution >= 0.6 is 15.9 Å². The van der Waals surface area contributed by atoms with Gasteiger partial charge < -0.3 is 27.9 Å². The van der Waals surface area contributed by atoms with E-state index in [1.807, 2.05) is 12.1 Å². The third-order valence-electron chi connectivity index (χ3n) is 4.85. The molecule has 1 aromatic carbocycles. The minimum absolute atomic E-state index is 0. The summed E-state index contributed by atoms with van der Waals surface area (Å²) in [5.41, 5.74) is 0.436. The number of aliphatic hydroxyl groups is 1. The quantitative estimate of drug-likeness (QED) is 0.606. The molecule has 2 fully saturated rings. The maximum absolute atomic E-state index is 10.9. The summed E-state index contributed by atoms with van der Waals surface area (Å²) < 4.78 is 0.985. The lowest BCUT2D eigenvalue weighted by Crippen LogP contribution is -3.00. The second-order valence-electron chi connectivity index (χ2n) is 5.96. The van der Waals surface area contributed by atoms with Crippen LogP contribution in [0.2, 0.25) is 0 Å². The zero-order valence-corrected chi connectivity index (χ0v) is 13.7. The predicted octanol–water partition coefficient (Wildman–Crippen LogP) is -0.912. The summed E-state index contributed by atoms with van der Waals surface area (Å²) in [6.07, 6.45) is 5.17. The highest BCUT2D eigenvalue weighted by molar-refractivity contribution is 9.10. The summed E-state index contributed by atoms with van der Waals surface area (Å²) in [6.45, 7) is 0.934. The Kier molecular flexibility index (Phi) is 5.00. The van der Waals surface area contributed by atoms with E-state index in [2.05, 4.69) is 21.2 Å². The Morgan fingerprint density at radius 1 is 1.25 bits per heavy atom. The fourth-order valence-electron chi connectivity index (χ4n) is 3.89. The lowest BCUT2D eigenvalue weighted by molar-refractivity contribution is -0.719. The molecule has 0 spiro atoms. The largest absolute Gasteiger partial charge is 1.00 e. The van der Waals surface area contributed by atoms with E-state index < -0.39 is 5.60 Å². The van der Waals surface area contributed by atoms with Crippen molar-refractivity contribution in [2.75, 3.05) is 6.54 Å². The number of hydrogen-bond acceptors (Lipinski definition) is 2. The Morgan fingerprint density at radius 3 is 2.85 bits per heavy atom. The minimum Gasteiger partial charge on any atom is -1.00 e. The second-order valence-corrected chi connectivity index (χ2v) is 6.87. The van der Waals surface area contributed by atoms with E-state index in [0.717, 1.165) is 42.3 Å². The Balaban J connectivity index is 0.00000147. The zero-order chi connectivity index (χ0) is 13.5. The molecule has 3 unspecified atom stereocenters. The number of benzene rings is 1. The van der Waals surface area contributed by atoms with Gasteiger partial charge >= 0.3 is 0 Å². The summed E-state index contributed by atoms with van der Waals surface area (Å²) >= 11 is 3.48. The number of rotatable bonds is 1. The van der Waals surface area contributed by atoms with Gasteiger partial charge in [-0.25, -0.2) is 0 Å². The molecule has 1 saturated carbocycles. The molecule has 0 aromatic heterocycles. The van der Waals surface area contributed by atoms with Crippen molar-refractivity contribution in [3.8, 4) is 5.75 Å². The molecular weight excluding hydrogens is 342 g/mol. The molecule has 1 saturated heterocycles. The van der Waals surface area contributed by atoms with Gasteiger partial charge in [0.25, 0.3) is 0 Å². The Morgan fingerprint density at radius 2 is 2.05 bits per heavy atom. The number of fused-ring (bicyclic) bond motifs is 1. The molecule has 3 nitrogen and oxygen atoms in total. The number of nitrogens with two attached hydrogens (primary N) is 1. The van der Waals surface area contributed by atoms with Crippen molar-refractivity contribution in [2.45, 2.75) is 43.7 Å². The molecule has 20 heavy (non-hydrogen) atoms. The van der Waals surface area contributed by atoms with Gasteiger partial charge in [0, 0.05) is 16.8 Å². The van der Waals surface area contributed by atoms with Crippen molar-refractivity contribution >= 4 is 15.9 Å². The van der Waals surface area contributed by atoms with E-state index in [-0.39, 0.29) is 24.4 Å². The van der Waals surface area contributed by atoms with E-state index in [1.165, 1.54) is 6.42 Å². The van der Waals surface area contributed by atoms with Crippen molar-refractivity contribution in [3.63, 3.8) is 0 Å². The van der Waals surface area contributed by atoms with E-state index in [4.69, 9.17) is 0 Å². The molecule has 1 aromatic rings. The lowest BCUT2D eigenvalue weighted by atomic mass is 9.66. The average molecular weight is 363 g/mol. The van der Waals surface area contributed by atoms with Crippen molar-refractivity contribution in [3.05, 3.63) is 28.2 Å². The van der Waals surface area contributed by atoms with Gasteiger partial charge in [-0.05, 0) is 31.0 Å². The van der Waals surface area contributed by atoms with Crippen LogP contribution in [0.15, 0.2) is 22.7 Å².